The molecule has 1 aromatic carbocycles. The van der Waals surface area contributed by atoms with Crippen LogP contribution in [0.4, 0.5) is 0 Å². The van der Waals surface area contributed by atoms with Crippen molar-refractivity contribution < 1.29 is 13.9 Å². The van der Waals surface area contributed by atoms with E-state index in [1.807, 2.05) is 28.9 Å². The molecule has 3 rings (SSSR count). The van der Waals surface area contributed by atoms with E-state index in [1.54, 1.807) is 18.3 Å². The molecule has 0 radical (unpaired) electrons. The second kappa shape index (κ2) is 4.97. The maximum atomic E-state index is 11.6. The van der Waals surface area contributed by atoms with Crippen LogP contribution in [-0.2, 0) is 11.3 Å². The molecule has 19 heavy (non-hydrogen) atoms. The fourth-order valence-electron chi connectivity index (χ4n) is 1.89. The van der Waals surface area contributed by atoms with Crippen molar-refractivity contribution in [3.63, 3.8) is 0 Å². The van der Waals surface area contributed by atoms with E-state index < -0.39 is 5.97 Å². The molecule has 0 aliphatic carbocycles. The molecular formula is C14H12N2O3. The Morgan fingerprint density at radius 2 is 2.16 bits per heavy atom. The molecule has 5 nitrogen and oxygen atoms in total. The molecule has 0 fully saturated rings. The third kappa shape index (κ3) is 2.35. The summed E-state index contributed by atoms with van der Waals surface area (Å²) in [4.78, 5) is 11.6. The standard InChI is InChI=1S/C14H12N2O3/c17-14(13-6-3-8-18-13)19-9-7-16-12-5-2-1-4-11(12)10-15-16/h1-6,8,10H,7,9H2. The highest BCUT2D eigenvalue weighted by Gasteiger charge is 2.10. The fraction of sp³-hybridized carbons (Fsp3) is 0.143. The molecule has 0 aliphatic heterocycles. The second-order valence-electron chi connectivity index (χ2n) is 4.04. The van der Waals surface area contributed by atoms with Crippen LogP contribution in [0.25, 0.3) is 10.9 Å². The molecule has 0 amide bonds. The number of esters is 1. The Morgan fingerprint density at radius 1 is 1.26 bits per heavy atom. The molecule has 2 heterocycles. The van der Waals surface area contributed by atoms with Crippen LogP contribution in [0.1, 0.15) is 10.6 Å². The highest BCUT2D eigenvalue weighted by atomic mass is 16.5. The van der Waals surface area contributed by atoms with Crippen LogP contribution in [0.15, 0.2) is 53.3 Å². The number of para-hydroxylation sites is 1. The molecule has 96 valence electrons. The van der Waals surface area contributed by atoms with Gasteiger partial charge < -0.3 is 9.15 Å². The number of nitrogens with zero attached hydrogens (tertiary/aromatic N) is 2. The van der Waals surface area contributed by atoms with Crippen molar-refractivity contribution in [3.8, 4) is 0 Å². The summed E-state index contributed by atoms with van der Waals surface area (Å²) in [6.45, 7) is 0.769. The summed E-state index contributed by atoms with van der Waals surface area (Å²) < 4.78 is 11.9. The highest BCUT2D eigenvalue weighted by molar-refractivity contribution is 5.86. The third-order valence-electron chi connectivity index (χ3n) is 2.81. The molecule has 0 saturated carbocycles. The summed E-state index contributed by atoms with van der Waals surface area (Å²) >= 11 is 0. The predicted octanol–water partition coefficient (Wildman–Crippen LogP) is 2.49. The molecule has 0 N–H and O–H groups in total. The molecule has 2 aromatic heterocycles. The monoisotopic (exact) mass is 256 g/mol. The second-order valence-corrected chi connectivity index (χ2v) is 4.04. The van der Waals surface area contributed by atoms with Gasteiger partial charge in [0.15, 0.2) is 0 Å². The van der Waals surface area contributed by atoms with E-state index in [-0.39, 0.29) is 12.4 Å². The number of rotatable bonds is 4. The first kappa shape index (κ1) is 11.5. The maximum Gasteiger partial charge on any atom is 0.374 e. The topological polar surface area (TPSA) is 57.3 Å². The zero-order chi connectivity index (χ0) is 13.1. The molecule has 5 heteroatoms. The zero-order valence-corrected chi connectivity index (χ0v) is 10.2. The number of carbonyl (C=O) groups excluding carboxylic acids is 1. The van der Waals surface area contributed by atoms with Crippen LogP contribution in [0.5, 0.6) is 0 Å². The molecule has 0 unspecified atom stereocenters. The van der Waals surface area contributed by atoms with Crippen LogP contribution in [0.3, 0.4) is 0 Å². The number of ether oxygens (including phenoxy) is 1. The van der Waals surface area contributed by atoms with Gasteiger partial charge in [-0.3, -0.25) is 4.68 Å². The SMILES string of the molecule is O=C(OCCn1ncc2ccccc21)c1ccco1. The molecule has 0 bridgehead atoms. The minimum Gasteiger partial charge on any atom is -0.458 e. The first-order valence-electron chi connectivity index (χ1n) is 5.96. The molecule has 0 spiro atoms. The van der Waals surface area contributed by atoms with Crippen LogP contribution in [-0.4, -0.2) is 22.4 Å². The van der Waals surface area contributed by atoms with E-state index in [9.17, 15) is 4.79 Å². The van der Waals surface area contributed by atoms with Gasteiger partial charge in [0.1, 0.15) is 6.61 Å². The third-order valence-corrected chi connectivity index (χ3v) is 2.81. The van der Waals surface area contributed by atoms with Crippen molar-refractivity contribution in [2.24, 2.45) is 0 Å². The molecule has 0 atom stereocenters. The Hall–Kier alpha value is -2.56. The normalized spacial score (nSPS) is 10.7. The molecular weight excluding hydrogens is 244 g/mol. The lowest BCUT2D eigenvalue weighted by Crippen LogP contribution is -2.11. The summed E-state index contributed by atoms with van der Waals surface area (Å²) in [6.07, 6.45) is 3.24. The van der Waals surface area contributed by atoms with Crippen molar-refractivity contribution in [1.29, 1.82) is 0 Å². The van der Waals surface area contributed by atoms with E-state index in [0.29, 0.717) is 6.54 Å². The van der Waals surface area contributed by atoms with Gasteiger partial charge in [0.05, 0.1) is 24.5 Å². The highest BCUT2D eigenvalue weighted by Crippen LogP contribution is 2.12. The van der Waals surface area contributed by atoms with Gasteiger partial charge in [0.25, 0.3) is 0 Å². The molecule has 0 aliphatic rings. The van der Waals surface area contributed by atoms with Gasteiger partial charge >= 0.3 is 5.97 Å². The molecule has 0 saturated heterocycles. The van der Waals surface area contributed by atoms with E-state index in [4.69, 9.17) is 9.15 Å². The number of hydrogen-bond acceptors (Lipinski definition) is 4. The number of furan rings is 1. The first-order valence-corrected chi connectivity index (χ1v) is 5.96. The number of carbonyl (C=O) groups is 1. The van der Waals surface area contributed by atoms with Gasteiger partial charge in [-0.1, -0.05) is 18.2 Å². The van der Waals surface area contributed by atoms with Gasteiger partial charge in [-0.25, -0.2) is 4.79 Å². The van der Waals surface area contributed by atoms with Crippen LogP contribution in [0, 0.1) is 0 Å². The number of hydrogen-bond donors (Lipinski definition) is 0. The number of benzene rings is 1. The fourth-order valence-corrected chi connectivity index (χ4v) is 1.89. The Balaban J connectivity index is 1.62. The smallest absolute Gasteiger partial charge is 0.374 e. The lowest BCUT2D eigenvalue weighted by molar-refractivity contribution is 0.0453. The summed E-state index contributed by atoms with van der Waals surface area (Å²) in [5.41, 5.74) is 1.02. The van der Waals surface area contributed by atoms with Crippen LogP contribution >= 0.6 is 0 Å². The van der Waals surface area contributed by atoms with Gasteiger partial charge in [-0.2, -0.15) is 5.10 Å². The summed E-state index contributed by atoms with van der Waals surface area (Å²) in [7, 11) is 0. The number of fused-ring (bicyclic) bond motifs is 1. The Labute approximate surface area is 109 Å². The average Bonchev–Trinajstić information content (AvgIpc) is 3.08. The van der Waals surface area contributed by atoms with Crippen molar-refractivity contribution in [3.05, 3.63) is 54.6 Å². The first-order chi connectivity index (χ1) is 9.34. The Morgan fingerprint density at radius 3 is 3.00 bits per heavy atom. The number of aromatic nitrogens is 2. The van der Waals surface area contributed by atoms with E-state index in [0.717, 1.165) is 10.9 Å². The van der Waals surface area contributed by atoms with E-state index in [1.165, 1.54) is 6.26 Å². The van der Waals surface area contributed by atoms with Crippen molar-refractivity contribution in [1.82, 2.24) is 9.78 Å². The van der Waals surface area contributed by atoms with Crippen molar-refractivity contribution in [2.45, 2.75) is 6.54 Å². The largest absolute Gasteiger partial charge is 0.458 e. The quantitative estimate of drug-likeness (QED) is 0.673. The summed E-state index contributed by atoms with van der Waals surface area (Å²) in [5, 5.41) is 5.33. The van der Waals surface area contributed by atoms with Crippen molar-refractivity contribution >= 4 is 16.9 Å². The maximum absolute atomic E-state index is 11.6. The average molecular weight is 256 g/mol. The Kier molecular flexibility index (Phi) is 3.02. The summed E-state index contributed by atoms with van der Waals surface area (Å²) in [6, 6.07) is 11.1. The lowest BCUT2D eigenvalue weighted by atomic mass is 10.3. The van der Waals surface area contributed by atoms with Gasteiger partial charge in [0, 0.05) is 5.39 Å². The van der Waals surface area contributed by atoms with Crippen LogP contribution < -0.4 is 0 Å². The summed E-state index contributed by atoms with van der Waals surface area (Å²) in [5.74, 6) is -0.244. The van der Waals surface area contributed by atoms with Gasteiger partial charge in [-0.05, 0) is 18.2 Å². The minimum atomic E-state index is -0.457. The van der Waals surface area contributed by atoms with E-state index in [2.05, 4.69) is 5.10 Å². The van der Waals surface area contributed by atoms with Gasteiger partial charge in [0.2, 0.25) is 5.76 Å². The van der Waals surface area contributed by atoms with Crippen molar-refractivity contribution in [2.75, 3.05) is 6.61 Å². The Bertz CT molecular complexity index is 686. The zero-order valence-electron chi connectivity index (χ0n) is 10.2. The van der Waals surface area contributed by atoms with Crippen LogP contribution in [0.2, 0.25) is 0 Å². The minimum absolute atomic E-state index is 0.213. The van der Waals surface area contributed by atoms with Gasteiger partial charge in [-0.15, -0.1) is 0 Å². The lowest BCUT2D eigenvalue weighted by Gasteiger charge is -2.04. The predicted molar refractivity (Wildman–Crippen MR) is 68.7 cm³/mol. The van der Waals surface area contributed by atoms with E-state index >= 15 is 0 Å². The molecule has 3 aromatic rings.